The van der Waals surface area contributed by atoms with Crippen LogP contribution in [0.5, 0.6) is 0 Å². The zero-order valence-electron chi connectivity index (χ0n) is 12.9. The SMILES string of the molecule is CC1(CO)CCCN(Cc2nc(-c3ccc(F)c(F)c3)no2)C1. The number of hydrogen-bond donors (Lipinski definition) is 1. The predicted octanol–water partition coefficient (Wildman–Crippen LogP) is 2.61. The molecule has 0 amide bonds. The average Bonchev–Trinajstić information content (AvgIpc) is 2.98. The number of likely N-dealkylation sites (tertiary alicyclic amines) is 1. The van der Waals surface area contributed by atoms with Crippen LogP contribution in [-0.2, 0) is 6.54 Å². The fourth-order valence-electron chi connectivity index (χ4n) is 2.95. The van der Waals surface area contributed by atoms with Crippen molar-refractivity contribution in [3.05, 3.63) is 35.7 Å². The summed E-state index contributed by atoms with van der Waals surface area (Å²) >= 11 is 0. The first-order valence-corrected chi connectivity index (χ1v) is 7.60. The molecule has 1 aliphatic heterocycles. The minimum absolute atomic E-state index is 0.110. The second-order valence-corrected chi connectivity index (χ2v) is 6.42. The molecule has 0 aliphatic carbocycles. The lowest BCUT2D eigenvalue weighted by atomic mass is 9.83. The van der Waals surface area contributed by atoms with E-state index in [1.807, 2.05) is 0 Å². The van der Waals surface area contributed by atoms with E-state index in [0.29, 0.717) is 18.0 Å². The van der Waals surface area contributed by atoms with Crippen molar-refractivity contribution in [2.45, 2.75) is 26.3 Å². The van der Waals surface area contributed by atoms with Gasteiger partial charge >= 0.3 is 0 Å². The molecule has 1 atom stereocenters. The number of nitrogens with zero attached hydrogens (tertiary/aromatic N) is 3. The molecule has 1 fully saturated rings. The monoisotopic (exact) mass is 323 g/mol. The topological polar surface area (TPSA) is 62.4 Å². The number of piperidine rings is 1. The van der Waals surface area contributed by atoms with Gasteiger partial charge in [0.2, 0.25) is 11.7 Å². The highest BCUT2D eigenvalue weighted by Crippen LogP contribution is 2.29. The van der Waals surface area contributed by atoms with Crippen LogP contribution < -0.4 is 0 Å². The Balaban J connectivity index is 1.71. The Morgan fingerprint density at radius 2 is 2.17 bits per heavy atom. The number of benzene rings is 1. The van der Waals surface area contributed by atoms with Crippen molar-refractivity contribution in [1.82, 2.24) is 15.0 Å². The lowest BCUT2D eigenvalue weighted by Crippen LogP contribution is -2.43. The van der Waals surface area contributed by atoms with Crippen LogP contribution in [0.2, 0.25) is 0 Å². The van der Waals surface area contributed by atoms with E-state index in [1.165, 1.54) is 6.07 Å². The van der Waals surface area contributed by atoms with Crippen LogP contribution >= 0.6 is 0 Å². The fourth-order valence-corrected chi connectivity index (χ4v) is 2.95. The zero-order chi connectivity index (χ0) is 16.4. The fraction of sp³-hybridized carbons (Fsp3) is 0.500. The van der Waals surface area contributed by atoms with Gasteiger partial charge in [-0.15, -0.1) is 0 Å². The van der Waals surface area contributed by atoms with Gasteiger partial charge in [-0.3, -0.25) is 4.90 Å². The number of hydrogen-bond acceptors (Lipinski definition) is 5. The van der Waals surface area contributed by atoms with E-state index in [4.69, 9.17) is 4.52 Å². The van der Waals surface area contributed by atoms with Crippen LogP contribution in [0.25, 0.3) is 11.4 Å². The molecule has 3 rings (SSSR count). The Kier molecular flexibility index (Phi) is 4.41. The van der Waals surface area contributed by atoms with Crippen LogP contribution in [0.3, 0.4) is 0 Å². The summed E-state index contributed by atoms with van der Waals surface area (Å²) in [5.41, 5.74) is 0.263. The highest BCUT2D eigenvalue weighted by atomic mass is 19.2. The largest absolute Gasteiger partial charge is 0.396 e. The minimum Gasteiger partial charge on any atom is -0.396 e. The number of halogens is 2. The standard InChI is InChI=1S/C16H19F2N3O2/c1-16(10-22)5-2-6-21(9-16)8-14-19-15(20-23-14)11-3-4-12(17)13(18)7-11/h3-4,7,22H,2,5-6,8-10H2,1H3. The molecular weight excluding hydrogens is 304 g/mol. The third-order valence-corrected chi connectivity index (χ3v) is 4.25. The van der Waals surface area contributed by atoms with Crippen molar-refractivity contribution in [1.29, 1.82) is 0 Å². The quantitative estimate of drug-likeness (QED) is 0.937. The third-order valence-electron chi connectivity index (χ3n) is 4.25. The molecule has 0 radical (unpaired) electrons. The normalized spacial score (nSPS) is 22.4. The Morgan fingerprint density at radius 3 is 2.91 bits per heavy atom. The lowest BCUT2D eigenvalue weighted by molar-refractivity contribution is 0.0382. The maximum absolute atomic E-state index is 13.3. The molecule has 1 saturated heterocycles. The van der Waals surface area contributed by atoms with Crippen LogP contribution in [-0.4, -0.2) is 39.8 Å². The minimum atomic E-state index is -0.941. The molecule has 0 bridgehead atoms. The number of rotatable bonds is 4. The van der Waals surface area contributed by atoms with Gasteiger partial charge in [-0.05, 0) is 37.6 Å². The number of aliphatic hydroxyl groups is 1. The summed E-state index contributed by atoms with van der Waals surface area (Å²) in [4.78, 5) is 6.40. The molecule has 124 valence electrons. The first-order valence-electron chi connectivity index (χ1n) is 7.60. The summed E-state index contributed by atoms with van der Waals surface area (Å²) in [5.74, 6) is -1.19. The highest BCUT2D eigenvalue weighted by Gasteiger charge is 2.31. The van der Waals surface area contributed by atoms with Gasteiger partial charge in [-0.25, -0.2) is 8.78 Å². The molecule has 2 aromatic rings. The molecule has 1 N–H and O–H groups in total. The van der Waals surface area contributed by atoms with Crippen LogP contribution in [0.15, 0.2) is 22.7 Å². The smallest absolute Gasteiger partial charge is 0.241 e. The number of aromatic nitrogens is 2. The summed E-state index contributed by atoms with van der Waals surface area (Å²) in [6.45, 7) is 4.34. The Morgan fingerprint density at radius 1 is 1.35 bits per heavy atom. The molecule has 7 heteroatoms. The predicted molar refractivity (Wildman–Crippen MR) is 79.4 cm³/mol. The van der Waals surface area contributed by atoms with Crippen LogP contribution in [0.1, 0.15) is 25.7 Å². The van der Waals surface area contributed by atoms with Crippen LogP contribution in [0, 0.1) is 17.0 Å². The third kappa shape index (κ3) is 3.56. The maximum Gasteiger partial charge on any atom is 0.241 e. The number of aliphatic hydroxyl groups excluding tert-OH is 1. The highest BCUT2D eigenvalue weighted by molar-refractivity contribution is 5.54. The summed E-state index contributed by atoms with van der Waals surface area (Å²) in [7, 11) is 0. The molecule has 23 heavy (non-hydrogen) atoms. The van der Waals surface area contributed by atoms with Gasteiger partial charge in [-0.1, -0.05) is 12.1 Å². The summed E-state index contributed by atoms with van der Waals surface area (Å²) in [5, 5.41) is 13.3. The molecule has 2 heterocycles. The molecule has 1 unspecified atom stereocenters. The first-order chi connectivity index (χ1) is 11.0. The summed E-state index contributed by atoms with van der Waals surface area (Å²) in [6.07, 6.45) is 1.99. The van der Waals surface area contributed by atoms with Gasteiger partial charge in [0.1, 0.15) is 0 Å². The van der Waals surface area contributed by atoms with Crippen molar-refractivity contribution in [3.63, 3.8) is 0 Å². The van der Waals surface area contributed by atoms with E-state index < -0.39 is 11.6 Å². The maximum atomic E-state index is 13.3. The first kappa shape index (κ1) is 16.0. The van der Waals surface area contributed by atoms with Gasteiger partial charge < -0.3 is 9.63 Å². The summed E-state index contributed by atoms with van der Waals surface area (Å²) in [6, 6.07) is 3.50. The molecule has 1 aromatic heterocycles. The van der Waals surface area contributed by atoms with Crippen molar-refractivity contribution < 1.29 is 18.4 Å². The average molecular weight is 323 g/mol. The molecule has 5 nitrogen and oxygen atoms in total. The van der Waals surface area contributed by atoms with Gasteiger partial charge in [0, 0.05) is 24.1 Å². The van der Waals surface area contributed by atoms with Crippen molar-refractivity contribution in [2.24, 2.45) is 5.41 Å². The van der Waals surface area contributed by atoms with Crippen molar-refractivity contribution in [2.75, 3.05) is 19.7 Å². The van der Waals surface area contributed by atoms with E-state index in [1.54, 1.807) is 0 Å². The molecule has 1 aromatic carbocycles. The van der Waals surface area contributed by atoms with Gasteiger partial charge in [0.15, 0.2) is 11.6 Å². The van der Waals surface area contributed by atoms with Gasteiger partial charge in [-0.2, -0.15) is 4.98 Å². The second kappa shape index (κ2) is 6.33. The molecule has 0 spiro atoms. The van der Waals surface area contributed by atoms with E-state index in [9.17, 15) is 13.9 Å². The van der Waals surface area contributed by atoms with Gasteiger partial charge in [0.05, 0.1) is 6.54 Å². The molecule has 0 saturated carbocycles. The van der Waals surface area contributed by atoms with Crippen molar-refractivity contribution in [3.8, 4) is 11.4 Å². The lowest BCUT2D eigenvalue weighted by Gasteiger charge is -2.38. The van der Waals surface area contributed by atoms with E-state index >= 15 is 0 Å². The zero-order valence-corrected chi connectivity index (χ0v) is 12.9. The van der Waals surface area contributed by atoms with E-state index in [0.717, 1.165) is 38.1 Å². The Hall–Kier alpha value is -1.86. The Labute approximate surface area is 132 Å². The van der Waals surface area contributed by atoms with E-state index in [2.05, 4.69) is 22.0 Å². The van der Waals surface area contributed by atoms with Gasteiger partial charge in [0.25, 0.3) is 0 Å². The van der Waals surface area contributed by atoms with Crippen LogP contribution in [0.4, 0.5) is 8.78 Å². The Bertz CT molecular complexity index is 692. The summed E-state index contributed by atoms with van der Waals surface area (Å²) < 4.78 is 31.5. The van der Waals surface area contributed by atoms with E-state index in [-0.39, 0.29) is 17.8 Å². The molecular formula is C16H19F2N3O2. The molecule has 1 aliphatic rings. The van der Waals surface area contributed by atoms with Crippen molar-refractivity contribution >= 4 is 0 Å². The second-order valence-electron chi connectivity index (χ2n) is 6.42.